The maximum absolute atomic E-state index is 12.3. The summed E-state index contributed by atoms with van der Waals surface area (Å²) >= 11 is 0. The summed E-state index contributed by atoms with van der Waals surface area (Å²) in [6.07, 6.45) is 0.918. The van der Waals surface area contributed by atoms with Gasteiger partial charge in [0.25, 0.3) is 0 Å². The zero-order valence-corrected chi connectivity index (χ0v) is 15.5. The highest BCUT2D eigenvalue weighted by Crippen LogP contribution is 2.26. The van der Waals surface area contributed by atoms with Gasteiger partial charge in [-0.15, -0.1) is 0 Å². The van der Waals surface area contributed by atoms with Crippen molar-refractivity contribution >= 4 is 18.0 Å². The number of hydrogen-bond donors (Lipinski definition) is 0. The molecular weight excluding hydrogens is 314 g/mol. The lowest BCUT2D eigenvalue weighted by Crippen LogP contribution is -2.43. The number of hydrogen-bond acceptors (Lipinski definition) is 6. The molecule has 0 aromatic rings. The van der Waals surface area contributed by atoms with Crippen molar-refractivity contribution in [3.05, 3.63) is 11.6 Å². The summed E-state index contributed by atoms with van der Waals surface area (Å²) < 4.78 is 15.3. The molecule has 7 heteroatoms. The molecule has 0 radical (unpaired) electrons. The molecule has 1 atom stereocenters. The van der Waals surface area contributed by atoms with Crippen molar-refractivity contribution in [1.82, 2.24) is 4.90 Å². The van der Waals surface area contributed by atoms with E-state index in [1.807, 2.05) is 0 Å². The minimum Gasteiger partial charge on any atom is -0.467 e. The highest BCUT2D eigenvalue weighted by Gasteiger charge is 2.40. The van der Waals surface area contributed by atoms with E-state index < -0.39 is 35.3 Å². The zero-order valence-electron chi connectivity index (χ0n) is 15.5. The van der Waals surface area contributed by atoms with E-state index in [4.69, 9.17) is 14.2 Å². The van der Waals surface area contributed by atoms with Crippen LogP contribution >= 0.6 is 0 Å². The van der Waals surface area contributed by atoms with E-state index in [0.29, 0.717) is 5.57 Å². The van der Waals surface area contributed by atoms with Crippen LogP contribution in [-0.4, -0.2) is 53.8 Å². The molecule has 1 saturated heterocycles. The Bertz CT molecular complexity index is 538. The fourth-order valence-corrected chi connectivity index (χ4v) is 2.21. The molecular formula is C17H27NO6. The van der Waals surface area contributed by atoms with Crippen molar-refractivity contribution in [1.29, 1.82) is 0 Å². The maximum Gasteiger partial charge on any atom is 0.411 e. The van der Waals surface area contributed by atoms with Gasteiger partial charge in [-0.2, -0.15) is 0 Å². The van der Waals surface area contributed by atoms with E-state index >= 15 is 0 Å². The minimum absolute atomic E-state index is 0.119. The van der Waals surface area contributed by atoms with Crippen molar-refractivity contribution in [3.8, 4) is 0 Å². The molecule has 1 heterocycles. The van der Waals surface area contributed by atoms with Crippen LogP contribution in [0.15, 0.2) is 11.6 Å². The summed E-state index contributed by atoms with van der Waals surface area (Å²) in [5.74, 6) is -1.05. The first kappa shape index (κ1) is 20.0. The lowest BCUT2D eigenvalue weighted by molar-refractivity contribution is -0.148. The molecule has 0 aliphatic carbocycles. The van der Waals surface area contributed by atoms with E-state index in [0.717, 1.165) is 0 Å². The van der Waals surface area contributed by atoms with Gasteiger partial charge in [-0.05, 0) is 47.1 Å². The molecule has 1 aliphatic heterocycles. The summed E-state index contributed by atoms with van der Waals surface area (Å²) in [6, 6.07) is -0.807. The van der Waals surface area contributed by atoms with Crippen LogP contribution in [0, 0.1) is 0 Å². The molecule has 1 rings (SSSR count). The second-order valence-electron chi connectivity index (χ2n) is 7.69. The third-order valence-corrected chi connectivity index (χ3v) is 3.04. The Morgan fingerprint density at radius 1 is 1.04 bits per heavy atom. The van der Waals surface area contributed by atoms with Crippen molar-refractivity contribution < 1.29 is 28.6 Å². The Labute approximate surface area is 142 Å². The number of methoxy groups -OCH3 is 1. The average Bonchev–Trinajstić information content (AvgIpc) is 2.77. The molecule has 0 N–H and O–H groups in total. The fraction of sp³-hybridized carbons (Fsp3) is 0.706. The normalized spacial score (nSPS) is 20.0. The van der Waals surface area contributed by atoms with Crippen molar-refractivity contribution in [2.24, 2.45) is 0 Å². The average molecular weight is 341 g/mol. The van der Waals surface area contributed by atoms with Crippen LogP contribution in [-0.2, 0) is 23.8 Å². The number of esters is 2. The van der Waals surface area contributed by atoms with Crippen LogP contribution in [0.1, 0.15) is 48.0 Å². The number of rotatable bonds is 2. The van der Waals surface area contributed by atoms with Crippen molar-refractivity contribution in [2.45, 2.75) is 65.2 Å². The van der Waals surface area contributed by atoms with Gasteiger partial charge in [-0.3, -0.25) is 4.90 Å². The predicted octanol–water partition coefficient (Wildman–Crippen LogP) is 2.44. The summed E-state index contributed by atoms with van der Waals surface area (Å²) in [5, 5.41) is 0. The van der Waals surface area contributed by atoms with Crippen LogP contribution < -0.4 is 0 Å². The van der Waals surface area contributed by atoms with Gasteiger partial charge in [0, 0.05) is 19.0 Å². The van der Waals surface area contributed by atoms with Crippen LogP contribution in [0.25, 0.3) is 0 Å². The topological polar surface area (TPSA) is 82.1 Å². The fourth-order valence-electron chi connectivity index (χ4n) is 2.21. The number of nitrogens with zero attached hydrogens (tertiary/aromatic N) is 1. The molecule has 0 aromatic carbocycles. The zero-order chi connectivity index (χ0) is 18.7. The molecule has 0 saturated carbocycles. The molecule has 136 valence electrons. The molecule has 1 aliphatic rings. The van der Waals surface area contributed by atoms with Gasteiger partial charge in [0.05, 0.1) is 7.11 Å². The molecule has 24 heavy (non-hydrogen) atoms. The second-order valence-corrected chi connectivity index (χ2v) is 7.69. The molecule has 1 amide bonds. The summed E-state index contributed by atoms with van der Waals surface area (Å²) in [4.78, 5) is 37.4. The SMILES string of the molecule is COC(=O)[C@H]1CC(=CC(=O)OC(C)(C)C)CN1C(=O)OC(C)(C)C. The third-order valence-electron chi connectivity index (χ3n) is 3.04. The number of likely N-dealkylation sites (tertiary alicyclic amines) is 1. The Hall–Kier alpha value is -2.05. The highest BCUT2D eigenvalue weighted by atomic mass is 16.6. The third kappa shape index (κ3) is 6.22. The van der Waals surface area contributed by atoms with E-state index in [2.05, 4.69) is 0 Å². The molecule has 7 nitrogen and oxygen atoms in total. The van der Waals surface area contributed by atoms with Gasteiger partial charge in [0.1, 0.15) is 17.2 Å². The van der Waals surface area contributed by atoms with Gasteiger partial charge in [-0.25, -0.2) is 14.4 Å². The summed E-state index contributed by atoms with van der Waals surface area (Å²) in [7, 11) is 1.26. The van der Waals surface area contributed by atoms with Gasteiger partial charge in [0.2, 0.25) is 0 Å². The Balaban J connectivity index is 2.93. The van der Waals surface area contributed by atoms with E-state index in [1.54, 1.807) is 41.5 Å². The van der Waals surface area contributed by atoms with Gasteiger partial charge in [0.15, 0.2) is 0 Å². The number of ether oxygens (including phenoxy) is 3. The molecule has 0 unspecified atom stereocenters. The Kier molecular flexibility index (Phi) is 6.03. The lowest BCUT2D eigenvalue weighted by Gasteiger charge is -2.27. The van der Waals surface area contributed by atoms with Crippen LogP contribution in [0.4, 0.5) is 4.79 Å². The van der Waals surface area contributed by atoms with E-state index in [1.165, 1.54) is 18.1 Å². The van der Waals surface area contributed by atoms with Crippen molar-refractivity contribution in [3.63, 3.8) is 0 Å². The quantitative estimate of drug-likeness (QED) is 0.436. The standard InChI is InChI=1S/C17H27NO6/c1-16(2,3)23-13(19)9-11-8-12(14(20)22-7)18(10-11)15(21)24-17(4,5)6/h9,12H,8,10H2,1-7H3/t12-/m1/s1. The summed E-state index contributed by atoms with van der Waals surface area (Å²) in [5.41, 5.74) is -0.681. The van der Waals surface area contributed by atoms with E-state index in [-0.39, 0.29) is 13.0 Å². The highest BCUT2D eigenvalue weighted by molar-refractivity contribution is 5.86. The largest absolute Gasteiger partial charge is 0.467 e. The number of carbonyl (C=O) groups is 3. The lowest BCUT2D eigenvalue weighted by atomic mass is 10.1. The minimum atomic E-state index is -0.807. The van der Waals surface area contributed by atoms with Crippen LogP contribution in [0.3, 0.4) is 0 Å². The van der Waals surface area contributed by atoms with Gasteiger partial charge in [-0.1, -0.05) is 0 Å². The smallest absolute Gasteiger partial charge is 0.411 e. The predicted molar refractivity (Wildman–Crippen MR) is 87.3 cm³/mol. The Morgan fingerprint density at radius 2 is 1.58 bits per heavy atom. The molecule has 1 fully saturated rings. The molecule has 0 spiro atoms. The number of carbonyl (C=O) groups excluding carboxylic acids is 3. The van der Waals surface area contributed by atoms with Crippen LogP contribution in [0.5, 0.6) is 0 Å². The Morgan fingerprint density at radius 3 is 2.04 bits per heavy atom. The van der Waals surface area contributed by atoms with E-state index in [9.17, 15) is 14.4 Å². The molecule has 0 aromatic heterocycles. The first-order valence-electron chi connectivity index (χ1n) is 7.82. The second kappa shape index (κ2) is 7.23. The van der Waals surface area contributed by atoms with Gasteiger partial charge >= 0.3 is 18.0 Å². The first-order valence-corrected chi connectivity index (χ1v) is 7.82. The molecule has 0 bridgehead atoms. The first-order chi connectivity index (χ1) is 10.8. The monoisotopic (exact) mass is 341 g/mol. The number of amides is 1. The van der Waals surface area contributed by atoms with Gasteiger partial charge < -0.3 is 14.2 Å². The van der Waals surface area contributed by atoms with Crippen molar-refractivity contribution in [2.75, 3.05) is 13.7 Å². The maximum atomic E-state index is 12.3. The summed E-state index contributed by atoms with van der Waals surface area (Å²) in [6.45, 7) is 10.6. The van der Waals surface area contributed by atoms with Crippen LogP contribution in [0.2, 0.25) is 0 Å².